The average molecular weight is 1420 g/mol. The van der Waals surface area contributed by atoms with Crippen LogP contribution < -0.4 is 31.7 Å². The van der Waals surface area contributed by atoms with Gasteiger partial charge in [-0.1, -0.05) is 32.9 Å². The number of carbonyl (C=O) groups excluding carboxylic acids is 6. The van der Waals surface area contributed by atoms with E-state index in [-0.39, 0.29) is 65.7 Å². The van der Waals surface area contributed by atoms with Crippen LogP contribution in [0.2, 0.25) is 0 Å². The lowest BCUT2D eigenvalue weighted by Crippen LogP contribution is -2.53. The maximum atomic E-state index is 15.4. The highest BCUT2D eigenvalue weighted by Gasteiger charge is 2.45. The summed E-state index contributed by atoms with van der Waals surface area (Å²) < 4.78 is 7.28. The van der Waals surface area contributed by atoms with Crippen molar-refractivity contribution in [3.8, 4) is 49.1 Å². The fourth-order valence-corrected chi connectivity index (χ4v) is 17.4. The Balaban J connectivity index is 0.915. The molecule has 1 saturated carbocycles. The van der Waals surface area contributed by atoms with Gasteiger partial charge in [-0.15, -0.1) is 68.0 Å². The molecular formula is C65H76N15O10S6+. The van der Waals surface area contributed by atoms with Crippen LogP contribution in [0, 0.1) is 18.8 Å². The van der Waals surface area contributed by atoms with E-state index in [0.717, 1.165) is 78.5 Å². The van der Waals surface area contributed by atoms with Gasteiger partial charge in [0.25, 0.3) is 23.6 Å². The van der Waals surface area contributed by atoms with Crippen molar-refractivity contribution in [2.24, 2.45) is 17.6 Å². The second kappa shape index (κ2) is 30.7. The summed E-state index contributed by atoms with van der Waals surface area (Å²) in [6, 6.07) is 7.94. The number of ether oxygens (including phenoxy) is 1. The number of primary amides is 1. The predicted octanol–water partition coefficient (Wildman–Crippen LogP) is 8.26. The van der Waals surface area contributed by atoms with Crippen LogP contribution in [0.3, 0.4) is 0 Å². The molecule has 5 atom stereocenters. The van der Waals surface area contributed by atoms with Crippen LogP contribution in [-0.2, 0) is 27.3 Å². The number of pyridine rings is 1. The number of fused-ring (bicyclic) bond motifs is 16. The fraction of sp³-hybridized carbons (Fsp3) is 0.446. The SMILES string of the molecule is CCN(CC)CC[N+](CC)(CC)CCOc1ccc(C[C@@H]2NC(=O)c3csc(n3)CNC(=O)c3nc(sc3C)[C@H](CC(N)=O)NC(=O)c3csc(n3)-c3ccc(-c4nc(C(=O)NC5CCC(C(=O)O)CC5)cs4)nc3-c3csc(n3)-c3csc(n3)[C@@H]3[C@@H](C)[C@@H](O)CN3C2=O)cc1. The van der Waals surface area contributed by atoms with Crippen LogP contribution >= 0.6 is 68.0 Å². The lowest BCUT2D eigenvalue weighted by Gasteiger charge is -2.38. The number of quaternary nitrogens is 1. The summed E-state index contributed by atoms with van der Waals surface area (Å²) in [4.78, 5) is 134. The molecule has 2 aliphatic heterocycles. The van der Waals surface area contributed by atoms with Gasteiger partial charge in [-0.2, -0.15) is 0 Å². The number of carbonyl (C=O) groups is 7. The van der Waals surface area contributed by atoms with Crippen molar-refractivity contribution >= 4 is 109 Å². The predicted molar refractivity (Wildman–Crippen MR) is 369 cm³/mol. The summed E-state index contributed by atoms with van der Waals surface area (Å²) in [5, 5.41) is 43.7. The zero-order chi connectivity index (χ0) is 67.9. The van der Waals surface area contributed by atoms with Gasteiger partial charge in [-0.25, -0.2) is 34.9 Å². The fourth-order valence-electron chi connectivity index (χ4n) is 12.2. The zero-order valence-electron chi connectivity index (χ0n) is 53.9. The van der Waals surface area contributed by atoms with Gasteiger partial charge in [0.05, 0.1) is 62.4 Å². The molecular weight excluding hydrogens is 1340 g/mol. The number of amides is 6. The first-order valence-electron chi connectivity index (χ1n) is 32.0. The Bertz CT molecular complexity index is 4130. The normalized spacial score (nSPS) is 20.3. The molecule has 0 radical (unpaired) electrons. The molecule has 96 heavy (non-hydrogen) atoms. The number of rotatable bonds is 19. The molecule has 0 spiro atoms. The summed E-state index contributed by atoms with van der Waals surface area (Å²) in [5.41, 5.74) is 8.91. The van der Waals surface area contributed by atoms with Gasteiger partial charge < -0.3 is 51.3 Å². The van der Waals surface area contributed by atoms with Crippen molar-refractivity contribution in [2.75, 3.05) is 59.0 Å². The Kier molecular flexibility index (Phi) is 22.2. The number of aliphatic hydroxyl groups is 1. The van der Waals surface area contributed by atoms with E-state index in [1.807, 2.05) is 41.9 Å². The van der Waals surface area contributed by atoms with Crippen molar-refractivity contribution in [1.29, 1.82) is 0 Å². The second-order valence-corrected chi connectivity index (χ2v) is 29.8. The number of thiazole rings is 6. The van der Waals surface area contributed by atoms with Gasteiger partial charge in [-0.05, 0) is 89.4 Å². The molecule has 1 saturated heterocycles. The largest absolute Gasteiger partial charge is 0.488 e. The number of nitrogens with zero attached hydrogens (tertiary/aromatic N) is 10. The minimum absolute atomic E-state index is 0.00831. The molecule has 3 aliphatic rings. The standard InChI is InChI=1S/C65H75N15O10S6/c1-7-78(8-2)21-22-80(9-3,10-4)23-24-90-39-17-11-36(12-18-39)25-43-64(87)79-28-49(81)34(5)54(79)63-76-48(33-95-63)61-73-44(29-93-61)53-40(19-20-41(70-53)60-75-46(32-94-60)55(83)68-38-15-13-37(14-16-38)65(88)89)59-74-47(31-92-59)57(85)71-42(26-50(66)82)62-77-52(35(6)96-62)58(86)67-27-51-69-45(30-91-51)56(84)72-43/h11-12,17-20,29-34,37-38,42-43,49,54,81H,7-10,13-16,21-28H2,1-6H3,(H6-,66,67,68,71,72,82,83,84,85,86,88,89)/p+1/t34-,37?,38?,42-,43-,49-,54-/m0/s1. The molecule has 6 amide bonds. The van der Waals surface area contributed by atoms with Crippen LogP contribution in [0.1, 0.15) is 146 Å². The maximum Gasteiger partial charge on any atom is 0.306 e. The van der Waals surface area contributed by atoms with E-state index in [1.54, 1.807) is 40.1 Å². The molecule has 25 nitrogen and oxygen atoms in total. The second-order valence-electron chi connectivity index (χ2n) is 24.1. The first-order chi connectivity index (χ1) is 46.2. The lowest BCUT2D eigenvalue weighted by atomic mass is 9.86. The lowest BCUT2D eigenvalue weighted by molar-refractivity contribution is -0.924. The third-order valence-corrected chi connectivity index (χ3v) is 23.7. The monoisotopic (exact) mass is 1420 g/mol. The number of carboxylic acids is 1. The molecule has 1 aromatic carbocycles. The number of carboxylic acid groups (broad SMARTS) is 1. The number of nitrogens with two attached hydrogens (primary N) is 1. The Hall–Kier alpha value is -7.88. The number of likely N-dealkylation sites (N-methyl/N-ethyl adjacent to an activating group) is 2. The average Bonchev–Trinajstić information content (AvgIpc) is 1.61. The van der Waals surface area contributed by atoms with E-state index in [0.29, 0.717) is 96.3 Å². The molecule has 0 unspecified atom stereocenters. The molecule has 8 aromatic rings. The van der Waals surface area contributed by atoms with Crippen LogP contribution in [0.5, 0.6) is 5.75 Å². The Labute approximate surface area is 578 Å². The first kappa shape index (κ1) is 69.5. The molecule has 1 aliphatic carbocycles. The Morgan fingerprint density at radius 1 is 0.719 bits per heavy atom. The molecule has 8 N–H and O–H groups in total. The number of aliphatic carboxylic acids is 1. The highest BCUT2D eigenvalue weighted by Crippen LogP contribution is 2.43. The number of nitrogens with one attached hydrogen (secondary N) is 4. The molecule has 9 heterocycles. The van der Waals surface area contributed by atoms with Crippen molar-refractivity contribution < 1.29 is 53.0 Å². The van der Waals surface area contributed by atoms with Gasteiger partial charge in [-0.3, -0.25) is 38.5 Å². The van der Waals surface area contributed by atoms with Crippen LogP contribution in [0.4, 0.5) is 0 Å². The van der Waals surface area contributed by atoms with Gasteiger partial charge in [0.15, 0.2) is 0 Å². The highest BCUT2D eigenvalue weighted by atomic mass is 32.1. The molecule has 31 heteroatoms. The number of hydrogen-bond donors (Lipinski definition) is 7. The minimum Gasteiger partial charge on any atom is -0.488 e. The number of aromatic nitrogens is 7. The molecule has 11 rings (SSSR count). The summed E-state index contributed by atoms with van der Waals surface area (Å²) >= 11 is 7.24. The third kappa shape index (κ3) is 15.9. The molecule has 7 aromatic heterocycles. The zero-order valence-corrected chi connectivity index (χ0v) is 58.8. The Morgan fingerprint density at radius 2 is 1.39 bits per heavy atom. The van der Waals surface area contributed by atoms with Crippen LogP contribution in [0.15, 0.2) is 63.3 Å². The van der Waals surface area contributed by atoms with Gasteiger partial charge in [0.2, 0.25) is 11.8 Å². The minimum atomic E-state index is -1.15. The number of benzene rings is 1. The quantitative estimate of drug-likeness (QED) is 0.0374. The summed E-state index contributed by atoms with van der Waals surface area (Å²) in [5.74, 6) is -4.49. The van der Waals surface area contributed by atoms with E-state index in [9.17, 15) is 39.0 Å². The van der Waals surface area contributed by atoms with Gasteiger partial charge in [0, 0.05) is 68.8 Å². The van der Waals surface area contributed by atoms with Gasteiger partial charge in [0.1, 0.15) is 94.8 Å². The van der Waals surface area contributed by atoms with Crippen molar-refractivity contribution in [3.63, 3.8) is 0 Å². The van der Waals surface area contributed by atoms with Crippen molar-refractivity contribution in [3.05, 3.63) is 112 Å². The maximum absolute atomic E-state index is 15.4. The van der Waals surface area contributed by atoms with Crippen molar-refractivity contribution in [1.82, 2.24) is 66.0 Å². The van der Waals surface area contributed by atoms with E-state index in [2.05, 4.69) is 68.8 Å². The Morgan fingerprint density at radius 3 is 2.10 bits per heavy atom. The summed E-state index contributed by atoms with van der Waals surface area (Å²) in [6.07, 6.45) is 0.783. The number of aliphatic hydroxyl groups excluding tert-OH is 1. The smallest absolute Gasteiger partial charge is 0.306 e. The van der Waals surface area contributed by atoms with Gasteiger partial charge >= 0.3 is 5.97 Å². The molecule has 2 fully saturated rings. The third-order valence-electron chi connectivity index (χ3n) is 18.2. The van der Waals surface area contributed by atoms with E-state index >= 15 is 4.79 Å². The molecule has 10 bridgehead atoms. The van der Waals surface area contributed by atoms with E-state index in [4.69, 9.17) is 30.4 Å². The topological polar surface area (TPSA) is 340 Å². The number of aryl methyl sites for hydroxylation is 1. The number of hydrogen-bond acceptors (Lipinski definition) is 23. The van der Waals surface area contributed by atoms with Crippen LogP contribution in [-0.4, -0.2) is 178 Å². The summed E-state index contributed by atoms with van der Waals surface area (Å²) in [6.45, 7) is 19.6. The van der Waals surface area contributed by atoms with Crippen LogP contribution in [0.25, 0.3) is 43.4 Å². The molecule has 506 valence electrons. The first-order valence-corrected chi connectivity index (χ1v) is 37.2. The highest BCUT2D eigenvalue weighted by molar-refractivity contribution is 7.15. The van der Waals surface area contributed by atoms with E-state index < -0.39 is 71.6 Å². The van der Waals surface area contributed by atoms with E-state index in [1.165, 1.54) is 45.3 Å². The van der Waals surface area contributed by atoms with Crippen molar-refractivity contribution in [2.45, 2.75) is 117 Å². The summed E-state index contributed by atoms with van der Waals surface area (Å²) in [7, 11) is 0.